The van der Waals surface area contributed by atoms with Gasteiger partial charge in [0.25, 0.3) is 0 Å². The average Bonchev–Trinajstić information content (AvgIpc) is 2.92. The van der Waals surface area contributed by atoms with Crippen molar-refractivity contribution in [3.05, 3.63) is 70.4 Å². The van der Waals surface area contributed by atoms with Crippen molar-refractivity contribution in [1.29, 1.82) is 0 Å². The Kier molecular flexibility index (Phi) is 8.85. The highest BCUT2D eigenvalue weighted by atomic mass is 32.2. The summed E-state index contributed by atoms with van der Waals surface area (Å²) in [4.78, 5) is 60.0. The summed E-state index contributed by atoms with van der Waals surface area (Å²) in [6, 6.07) is 13.0. The summed E-state index contributed by atoms with van der Waals surface area (Å²) in [7, 11) is 0. The van der Waals surface area contributed by atoms with Gasteiger partial charge in [0.15, 0.2) is 5.43 Å². The zero-order chi connectivity index (χ0) is 28.8. The van der Waals surface area contributed by atoms with Gasteiger partial charge in [-0.25, -0.2) is 4.79 Å². The number of fused-ring (bicyclic) bond motifs is 2. The van der Waals surface area contributed by atoms with Crippen LogP contribution in [0.3, 0.4) is 0 Å². The smallest absolute Gasteiger partial charge is 0.336 e. The van der Waals surface area contributed by atoms with Crippen LogP contribution >= 0.6 is 11.8 Å². The van der Waals surface area contributed by atoms with Crippen molar-refractivity contribution in [3.63, 3.8) is 0 Å². The fourth-order valence-corrected chi connectivity index (χ4v) is 4.93. The monoisotopic (exact) mass is 562 g/mol. The molecule has 1 heterocycles. The minimum atomic E-state index is -1.25. The number of hydrogen-bond donors (Lipinski definition) is 4. The van der Waals surface area contributed by atoms with Crippen molar-refractivity contribution in [2.45, 2.75) is 19.8 Å². The first kappa shape index (κ1) is 28.4. The maximum absolute atomic E-state index is 12.4. The lowest BCUT2D eigenvalue weighted by molar-refractivity contribution is -0.122. The van der Waals surface area contributed by atoms with E-state index in [4.69, 9.17) is 4.42 Å². The summed E-state index contributed by atoms with van der Waals surface area (Å²) in [5.74, 6) is -1.23. The van der Waals surface area contributed by atoms with E-state index < -0.39 is 11.9 Å². The number of carbonyl (C=O) groups is 4. The molecular formula is C29H26N2O8S. The third kappa shape index (κ3) is 6.67. The van der Waals surface area contributed by atoms with Gasteiger partial charge in [-0.3, -0.25) is 19.2 Å². The highest BCUT2D eigenvalue weighted by Gasteiger charge is 2.22. The second-order valence-electron chi connectivity index (χ2n) is 8.90. The molecule has 40 heavy (non-hydrogen) atoms. The summed E-state index contributed by atoms with van der Waals surface area (Å²) >= 11 is 1.30. The summed E-state index contributed by atoms with van der Waals surface area (Å²) in [6.45, 7) is 1.47. The molecule has 11 heteroatoms. The van der Waals surface area contributed by atoms with E-state index in [1.165, 1.54) is 54.2 Å². The molecule has 4 rings (SSSR count). The van der Waals surface area contributed by atoms with Crippen molar-refractivity contribution >= 4 is 52.0 Å². The van der Waals surface area contributed by atoms with E-state index in [-0.39, 0.29) is 57.8 Å². The molecule has 10 nitrogen and oxygen atoms in total. The van der Waals surface area contributed by atoms with Gasteiger partial charge in [0.05, 0.1) is 17.9 Å². The number of phenolic OH excluding ortho intramolecular Hbond substituents is 1. The van der Waals surface area contributed by atoms with Crippen LogP contribution in [-0.4, -0.2) is 51.8 Å². The summed E-state index contributed by atoms with van der Waals surface area (Å²) in [6.07, 6.45) is 0.848. The zero-order valence-electron chi connectivity index (χ0n) is 21.5. The number of benzene rings is 3. The number of amides is 2. The number of ketones is 1. The summed E-state index contributed by atoms with van der Waals surface area (Å²) < 4.78 is 5.82. The third-order valence-electron chi connectivity index (χ3n) is 6.08. The van der Waals surface area contributed by atoms with Crippen LogP contribution in [0.1, 0.15) is 30.1 Å². The first-order valence-electron chi connectivity index (χ1n) is 12.4. The quantitative estimate of drug-likeness (QED) is 0.155. The summed E-state index contributed by atoms with van der Waals surface area (Å²) in [5.41, 5.74) is 1.35. The van der Waals surface area contributed by atoms with Gasteiger partial charge in [0.1, 0.15) is 22.9 Å². The van der Waals surface area contributed by atoms with Crippen LogP contribution in [0.2, 0.25) is 0 Å². The molecule has 206 valence electrons. The Labute approximate surface area is 232 Å². The number of carboxylic acids is 1. The minimum absolute atomic E-state index is 0.0615. The highest BCUT2D eigenvalue weighted by molar-refractivity contribution is 7.99. The molecule has 0 spiro atoms. The molecule has 0 atom stereocenters. The van der Waals surface area contributed by atoms with Crippen LogP contribution in [-0.2, 0) is 14.4 Å². The molecule has 2 aromatic rings. The molecule has 1 aliphatic carbocycles. The van der Waals surface area contributed by atoms with Gasteiger partial charge < -0.3 is 25.3 Å². The maximum atomic E-state index is 12.4. The van der Waals surface area contributed by atoms with E-state index in [9.17, 15) is 34.2 Å². The third-order valence-corrected chi connectivity index (χ3v) is 7.04. The predicted molar refractivity (Wildman–Crippen MR) is 152 cm³/mol. The van der Waals surface area contributed by atoms with Crippen molar-refractivity contribution in [2.24, 2.45) is 0 Å². The van der Waals surface area contributed by atoms with Gasteiger partial charge in [-0.15, -0.1) is 0 Å². The zero-order valence-corrected chi connectivity index (χ0v) is 22.3. The second-order valence-corrected chi connectivity index (χ2v) is 10.0. The molecule has 0 fully saturated rings. The molecule has 0 bridgehead atoms. The number of carbonyl (C=O) groups excluding carboxylic acids is 3. The van der Waals surface area contributed by atoms with E-state index in [0.717, 1.165) is 0 Å². The Morgan fingerprint density at radius 2 is 1.73 bits per heavy atom. The number of anilines is 1. The van der Waals surface area contributed by atoms with Gasteiger partial charge in [0, 0.05) is 52.9 Å². The SMILES string of the molecule is CCC(=O)CCSCC(=O)NCC(=O)Nc1ccc(-c2c3ccc(=O)cc-3oc3cc(O)ccc23)c(C(=O)O)c1. The largest absolute Gasteiger partial charge is 0.508 e. The number of thioether (sulfide) groups is 1. The topological polar surface area (TPSA) is 163 Å². The number of hydrogen-bond acceptors (Lipinski definition) is 8. The second kappa shape index (κ2) is 12.5. The van der Waals surface area contributed by atoms with Gasteiger partial charge in [-0.1, -0.05) is 13.0 Å². The van der Waals surface area contributed by atoms with Crippen LogP contribution in [0.4, 0.5) is 5.69 Å². The van der Waals surface area contributed by atoms with Crippen LogP contribution < -0.4 is 16.1 Å². The molecule has 0 unspecified atom stereocenters. The van der Waals surface area contributed by atoms with Crippen molar-refractivity contribution in [2.75, 3.05) is 23.4 Å². The summed E-state index contributed by atoms with van der Waals surface area (Å²) in [5, 5.41) is 25.6. The lowest BCUT2D eigenvalue weighted by Gasteiger charge is -2.17. The van der Waals surface area contributed by atoms with Gasteiger partial charge in [0.2, 0.25) is 11.8 Å². The first-order chi connectivity index (χ1) is 19.2. The van der Waals surface area contributed by atoms with Crippen LogP contribution in [0.15, 0.2) is 63.8 Å². The van der Waals surface area contributed by atoms with Gasteiger partial charge in [-0.2, -0.15) is 11.8 Å². The number of Topliss-reactive ketones (excluding diaryl/α,β-unsaturated/α-hetero) is 1. The van der Waals surface area contributed by atoms with Crippen LogP contribution in [0, 0.1) is 0 Å². The molecule has 4 N–H and O–H groups in total. The Balaban J connectivity index is 1.56. The normalized spacial score (nSPS) is 10.9. The number of rotatable bonds is 11. The van der Waals surface area contributed by atoms with E-state index >= 15 is 0 Å². The molecule has 0 aromatic heterocycles. The Hall–Kier alpha value is -4.64. The fourth-order valence-electron chi connectivity index (χ4n) is 4.13. The van der Waals surface area contributed by atoms with Crippen molar-refractivity contribution in [3.8, 4) is 28.2 Å². The number of nitrogens with one attached hydrogen (secondary N) is 2. The standard InChI is InChI=1S/C29H26N2O8S/c1-2-17(32)9-10-40-15-27(36)30-14-26(35)31-16-3-6-20(23(11-16)29(37)38)28-21-7-4-18(33)12-24(21)39-25-13-19(34)5-8-22(25)28/h3-8,11-13,33H,2,9-10,14-15H2,1H3,(H,30,36)(H,31,35)(H,37,38). The van der Waals surface area contributed by atoms with E-state index in [2.05, 4.69) is 10.6 Å². The lowest BCUT2D eigenvalue weighted by Crippen LogP contribution is -2.34. The number of aromatic hydroxyl groups is 1. The molecule has 2 aliphatic rings. The van der Waals surface area contributed by atoms with Crippen molar-refractivity contribution < 1.29 is 33.8 Å². The van der Waals surface area contributed by atoms with Gasteiger partial charge in [-0.05, 0) is 42.0 Å². The predicted octanol–water partition coefficient (Wildman–Crippen LogP) is 4.13. The first-order valence-corrected chi connectivity index (χ1v) is 13.5. The average molecular weight is 563 g/mol. The van der Waals surface area contributed by atoms with Crippen LogP contribution in [0.5, 0.6) is 5.75 Å². The Morgan fingerprint density at radius 3 is 2.48 bits per heavy atom. The molecule has 0 saturated heterocycles. The molecule has 0 radical (unpaired) electrons. The fraction of sp³-hybridized carbons (Fsp3) is 0.207. The van der Waals surface area contributed by atoms with E-state index in [1.807, 2.05) is 0 Å². The Morgan fingerprint density at radius 1 is 0.950 bits per heavy atom. The van der Waals surface area contributed by atoms with E-state index in [1.54, 1.807) is 19.1 Å². The lowest BCUT2D eigenvalue weighted by atomic mass is 9.90. The van der Waals surface area contributed by atoms with Crippen molar-refractivity contribution in [1.82, 2.24) is 5.32 Å². The molecule has 2 aromatic carbocycles. The number of carboxylic acid groups (broad SMARTS) is 1. The van der Waals surface area contributed by atoms with Gasteiger partial charge >= 0.3 is 5.97 Å². The van der Waals surface area contributed by atoms with Crippen LogP contribution in [0.25, 0.3) is 33.4 Å². The number of aromatic carboxylic acids is 1. The number of phenols is 1. The molecular weight excluding hydrogens is 536 g/mol. The highest BCUT2D eigenvalue weighted by Crippen LogP contribution is 2.42. The molecule has 0 saturated carbocycles. The molecule has 2 amide bonds. The van der Waals surface area contributed by atoms with E-state index in [0.29, 0.717) is 40.7 Å². The Bertz CT molecular complexity index is 1650. The minimum Gasteiger partial charge on any atom is -0.508 e. The molecule has 1 aliphatic heterocycles. The maximum Gasteiger partial charge on any atom is 0.336 e.